The average Bonchev–Trinajstić information content (AvgIpc) is 2.90. The highest BCUT2D eigenvalue weighted by Gasteiger charge is 2.23. The molecule has 0 aliphatic carbocycles. The number of carboxylic acid groups (broad SMARTS) is 1. The van der Waals surface area contributed by atoms with Crippen LogP contribution in [-0.2, 0) is 4.79 Å². The molecule has 0 aliphatic heterocycles. The van der Waals surface area contributed by atoms with E-state index in [1.165, 1.54) is 23.9 Å². The largest absolute Gasteiger partial charge is 0.478 e. The molecule has 0 aliphatic rings. The van der Waals surface area contributed by atoms with Gasteiger partial charge in [-0.15, -0.1) is 11.8 Å². The lowest BCUT2D eigenvalue weighted by Gasteiger charge is -2.18. The lowest BCUT2D eigenvalue weighted by molar-refractivity contribution is -0.115. The highest BCUT2D eigenvalue weighted by molar-refractivity contribution is 8.00. The van der Waals surface area contributed by atoms with Crippen molar-refractivity contribution in [1.82, 2.24) is 0 Å². The predicted molar refractivity (Wildman–Crippen MR) is 148 cm³/mol. The number of aromatic carboxylic acids is 1. The molecule has 0 bridgehead atoms. The second kappa shape index (κ2) is 12.0. The molecule has 37 heavy (non-hydrogen) atoms. The Morgan fingerprint density at radius 3 is 2.05 bits per heavy atom. The summed E-state index contributed by atoms with van der Waals surface area (Å²) in [5, 5.41) is 15.1. The van der Waals surface area contributed by atoms with Crippen LogP contribution in [-0.4, -0.2) is 22.9 Å². The Balaban J connectivity index is 1.51. The van der Waals surface area contributed by atoms with Crippen molar-refractivity contribution in [3.8, 4) is 0 Å². The van der Waals surface area contributed by atoms with E-state index in [-0.39, 0.29) is 17.0 Å². The van der Waals surface area contributed by atoms with Crippen molar-refractivity contribution in [2.75, 3.05) is 10.6 Å². The monoisotopic (exact) mass is 550 g/mol. The van der Waals surface area contributed by atoms with Crippen LogP contribution >= 0.6 is 35.0 Å². The highest BCUT2D eigenvalue weighted by Crippen LogP contribution is 2.37. The van der Waals surface area contributed by atoms with Gasteiger partial charge in [0.25, 0.3) is 5.91 Å². The van der Waals surface area contributed by atoms with E-state index >= 15 is 0 Å². The van der Waals surface area contributed by atoms with Crippen molar-refractivity contribution < 1.29 is 19.5 Å². The van der Waals surface area contributed by atoms with Crippen LogP contribution in [0.2, 0.25) is 10.0 Å². The molecule has 4 aromatic carbocycles. The molecule has 0 radical (unpaired) electrons. The normalized spacial score (nSPS) is 11.4. The number of rotatable bonds is 8. The Kier molecular flexibility index (Phi) is 8.50. The van der Waals surface area contributed by atoms with Crippen LogP contribution in [0.5, 0.6) is 0 Å². The van der Waals surface area contributed by atoms with Crippen molar-refractivity contribution in [2.45, 2.75) is 10.1 Å². The number of hydrogen-bond donors (Lipinski definition) is 3. The van der Waals surface area contributed by atoms with Crippen molar-refractivity contribution in [3.63, 3.8) is 0 Å². The first kappa shape index (κ1) is 26.3. The van der Waals surface area contributed by atoms with Crippen molar-refractivity contribution in [2.24, 2.45) is 0 Å². The fourth-order valence-corrected chi connectivity index (χ4v) is 4.99. The van der Waals surface area contributed by atoms with Crippen LogP contribution in [0.1, 0.15) is 31.5 Å². The molecule has 9 heteroatoms. The van der Waals surface area contributed by atoms with E-state index in [0.29, 0.717) is 21.4 Å². The van der Waals surface area contributed by atoms with Gasteiger partial charge >= 0.3 is 5.97 Å². The number of carbonyl (C=O) groups excluding carboxylic acids is 2. The van der Waals surface area contributed by atoms with E-state index in [1.807, 2.05) is 30.3 Å². The second-order valence-electron chi connectivity index (χ2n) is 7.85. The number of carbonyl (C=O) groups is 3. The summed E-state index contributed by atoms with van der Waals surface area (Å²) < 4.78 is 0. The van der Waals surface area contributed by atoms with Crippen LogP contribution in [0.4, 0.5) is 11.4 Å². The number of hydrogen-bond acceptors (Lipinski definition) is 4. The van der Waals surface area contributed by atoms with Crippen molar-refractivity contribution in [1.29, 1.82) is 0 Å². The van der Waals surface area contributed by atoms with Gasteiger partial charge in [0.15, 0.2) is 0 Å². The Labute approximate surface area is 227 Å². The number of thioether (sulfide) groups is 1. The minimum atomic E-state index is -1.18. The molecule has 6 nitrogen and oxygen atoms in total. The van der Waals surface area contributed by atoms with Gasteiger partial charge in [0, 0.05) is 15.6 Å². The lowest BCUT2D eigenvalue weighted by Crippen LogP contribution is -2.19. The quantitative estimate of drug-likeness (QED) is 0.198. The summed E-state index contributed by atoms with van der Waals surface area (Å²) >= 11 is 13.5. The third-order valence-corrected chi connectivity index (χ3v) is 7.11. The number of carboxylic acids is 1. The predicted octanol–water partition coefficient (Wildman–Crippen LogP) is 7.42. The van der Waals surface area contributed by atoms with E-state index in [4.69, 9.17) is 23.2 Å². The van der Waals surface area contributed by atoms with E-state index in [0.717, 1.165) is 10.5 Å². The van der Waals surface area contributed by atoms with Gasteiger partial charge in [0.1, 0.15) is 5.25 Å². The first-order chi connectivity index (χ1) is 17.8. The summed E-state index contributed by atoms with van der Waals surface area (Å²) in [7, 11) is 0. The molecule has 1 unspecified atom stereocenters. The van der Waals surface area contributed by atoms with Gasteiger partial charge in [-0.3, -0.25) is 9.59 Å². The maximum atomic E-state index is 13.3. The fourth-order valence-electron chi connectivity index (χ4n) is 3.51. The summed E-state index contributed by atoms with van der Waals surface area (Å²) in [6.45, 7) is 0. The van der Waals surface area contributed by atoms with Gasteiger partial charge < -0.3 is 15.7 Å². The van der Waals surface area contributed by atoms with Crippen LogP contribution < -0.4 is 10.6 Å². The molecule has 0 fully saturated rings. The topological polar surface area (TPSA) is 95.5 Å². The zero-order valence-corrected chi connectivity index (χ0v) is 21.5. The summed E-state index contributed by atoms with van der Waals surface area (Å²) in [4.78, 5) is 38.1. The first-order valence-corrected chi connectivity index (χ1v) is 12.7. The third-order valence-electron chi connectivity index (χ3n) is 5.30. The molecule has 0 saturated carbocycles. The summed E-state index contributed by atoms with van der Waals surface area (Å²) in [5.74, 6) is -1.97. The molecule has 4 rings (SSSR count). The molecule has 0 saturated heterocycles. The standard InChI is InChI=1S/C28H20Cl2N2O4S/c29-18-10-15-24(23(30)16-18)32-27(34)25(17-6-2-1-3-7-17)37-20-13-11-19(12-14-20)31-26(33)21-8-4-5-9-22(21)28(35)36/h1-16,25H,(H,31,33)(H,32,34)(H,35,36). The fraction of sp³-hybridized carbons (Fsp3) is 0.0357. The molecular weight excluding hydrogens is 531 g/mol. The summed E-state index contributed by atoms with van der Waals surface area (Å²) in [6.07, 6.45) is 0. The zero-order chi connectivity index (χ0) is 26.4. The maximum absolute atomic E-state index is 13.3. The minimum absolute atomic E-state index is 0.0649. The lowest BCUT2D eigenvalue weighted by atomic mass is 10.1. The van der Waals surface area contributed by atoms with E-state index < -0.39 is 17.1 Å². The van der Waals surface area contributed by atoms with Gasteiger partial charge in [0.05, 0.1) is 21.8 Å². The Hall–Kier alpha value is -3.78. The van der Waals surface area contributed by atoms with Gasteiger partial charge in [-0.25, -0.2) is 4.79 Å². The Morgan fingerprint density at radius 1 is 0.757 bits per heavy atom. The summed E-state index contributed by atoms with van der Waals surface area (Å²) in [6, 6.07) is 27.1. The van der Waals surface area contributed by atoms with Gasteiger partial charge in [-0.05, 0) is 60.2 Å². The smallest absolute Gasteiger partial charge is 0.336 e. The van der Waals surface area contributed by atoms with E-state index in [9.17, 15) is 19.5 Å². The molecule has 4 aromatic rings. The van der Waals surface area contributed by atoms with Gasteiger partial charge in [-0.2, -0.15) is 0 Å². The molecular formula is C28H20Cl2N2O4S. The second-order valence-corrected chi connectivity index (χ2v) is 9.87. The third kappa shape index (κ3) is 6.71. The average molecular weight is 551 g/mol. The molecule has 186 valence electrons. The minimum Gasteiger partial charge on any atom is -0.478 e. The summed E-state index contributed by atoms with van der Waals surface area (Å²) in [5.41, 5.74) is 1.73. The number of halogens is 2. The maximum Gasteiger partial charge on any atom is 0.336 e. The van der Waals surface area contributed by atoms with Crippen molar-refractivity contribution >= 4 is 64.1 Å². The van der Waals surface area contributed by atoms with Crippen LogP contribution in [0.15, 0.2) is 102 Å². The molecule has 2 amide bonds. The van der Waals surface area contributed by atoms with Crippen LogP contribution in [0.3, 0.4) is 0 Å². The van der Waals surface area contributed by atoms with Crippen molar-refractivity contribution in [3.05, 3.63) is 124 Å². The molecule has 0 heterocycles. The van der Waals surface area contributed by atoms with E-state index in [2.05, 4.69) is 10.6 Å². The number of amides is 2. The number of anilines is 2. The Bertz CT molecular complexity index is 1450. The van der Waals surface area contributed by atoms with Crippen LogP contribution in [0.25, 0.3) is 0 Å². The van der Waals surface area contributed by atoms with Gasteiger partial charge in [-0.1, -0.05) is 65.7 Å². The Morgan fingerprint density at radius 2 is 1.41 bits per heavy atom. The highest BCUT2D eigenvalue weighted by atomic mass is 35.5. The molecule has 3 N–H and O–H groups in total. The SMILES string of the molecule is O=C(O)c1ccccc1C(=O)Nc1ccc(SC(C(=O)Nc2ccc(Cl)cc2Cl)c2ccccc2)cc1. The van der Waals surface area contributed by atoms with Gasteiger partial charge in [0.2, 0.25) is 5.91 Å². The first-order valence-electron chi connectivity index (χ1n) is 11.0. The molecule has 1 atom stereocenters. The number of nitrogens with one attached hydrogen (secondary N) is 2. The molecule has 0 aromatic heterocycles. The van der Waals surface area contributed by atoms with E-state index in [1.54, 1.807) is 54.6 Å². The number of benzene rings is 4. The van der Waals surface area contributed by atoms with Crippen LogP contribution in [0, 0.1) is 0 Å². The zero-order valence-electron chi connectivity index (χ0n) is 19.2. The molecule has 0 spiro atoms.